The van der Waals surface area contributed by atoms with Crippen molar-refractivity contribution in [2.24, 2.45) is 0 Å². The summed E-state index contributed by atoms with van der Waals surface area (Å²) in [6.45, 7) is 7.20. The number of nitrogens with one attached hydrogen (secondary N) is 1. The van der Waals surface area contributed by atoms with E-state index in [1.54, 1.807) is 7.11 Å². The van der Waals surface area contributed by atoms with E-state index >= 15 is 0 Å². The monoisotopic (exact) mass is 253 g/mol. The molecule has 18 heavy (non-hydrogen) atoms. The molecule has 5 nitrogen and oxygen atoms in total. The van der Waals surface area contributed by atoms with Gasteiger partial charge in [0.25, 0.3) is 0 Å². The number of hydrogen-bond acceptors (Lipinski definition) is 4. The molecule has 0 saturated carbocycles. The molecule has 0 aliphatic carbocycles. The molecule has 5 heteroatoms. The van der Waals surface area contributed by atoms with Crippen LogP contribution in [0.5, 0.6) is 0 Å². The molecule has 1 aliphatic rings. The van der Waals surface area contributed by atoms with E-state index in [1.165, 1.54) is 11.4 Å². The van der Waals surface area contributed by atoms with Gasteiger partial charge in [0.05, 0.1) is 18.9 Å². The number of rotatable bonds is 7. The van der Waals surface area contributed by atoms with Crippen LogP contribution < -0.4 is 5.32 Å². The molecule has 0 radical (unpaired) electrons. The van der Waals surface area contributed by atoms with E-state index in [0.717, 1.165) is 44.9 Å². The minimum Gasteiger partial charge on any atom is -0.382 e. The van der Waals surface area contributed by atoms with E-state index in [4.69, 9.17) is 9.47 Å². The third-order valence-corrected chi connectivity index (χ3v) is 3.28. The number of methoxy groups -OCH3 is 1. The lowest BCUT2D eigenvalue weighted by molar-refractivity contribution is 0.0679. The van der Waals surface area contributed by atoms with Gasteiger partial charge in [0.1, 0.15) is 5.82 Å². The number of imidazole rings is 1. The third kappa shape index (κ3) is 3.31. The van der Waals surface area contributed by atoms with E-state index < -0.39 is 0 Å². The van der Waals surface area contributed by atoms with Crippen LogP contribution in [0.2, 0.25) is 0 Å². The highest BCUT2D eigenvalue weighted by atomic mass is 16.5. The molecule has 1 aromatic rings. The molecule has 0 spiro atoms. The first-order valence-corrected chi connectivity index (χ1v) is 6.65. The summed E-state index contributed by atoms with van der Waals surface area (Å²) in [4.78, 5) is 4.62. The van der Waals surface area contributed by atoms with Gasteiger partial charge in [-0.1, -0.05) is 0 Å². The predicted octanol–water partition coefficient (Wildman–Crippen LogP) is 0.890. The maximum atomic E-state index is 5.49. The molecule has 0 saturated heterocycles. The molecule has 0 unspecified atom stereocenters. The minimum atomic E-state index is 0.672. The molecule has 102 valence electrons. The Hall–Kier alpha value is -0.910. The molecule has 1 aromatic heterocycles. The lowest BCUT2D eigenvalue weighted by atomic mass is 10.2. The van der Waals surface area contributed by atoms with Crippen molar-refractivity contribution >= 4 is 0 Å². The van der Waals surface area contributed by atoms with Gasteiger partial charge in [0.2, 0.25) is 0 Å². The van der Waals surface area contributed by atoms with Crippen molar-refractivity contribution < 1.29 is 9.47 Å². The van der Waals surface area contributed by atoms with Gasteiger partial charge in [-0.3, -0.25) is 0 Å². The van der Waals surface area contributed by atoms with E-state index in [1.807, 2.05) is 0 Å². The Kier molecular flexibility index (Phi) is 5.16. The van der Waals surface area contributed by atoms with Crippen LogP contribution in [0.25, 0.3) is 0 Å². The number of nitrogens with zero attached hydrogens (tertiary/aromatic N) is 2. The van der Waals surface area contributed by atoms with Crippen LogP contribution in [-0.4, -0.2) is 43.0 Å². The van der Waals surface area contributed by atoms with Crippen LogP contribution in [-0.2, 0) is 29.0 Å². The number of fused-ring (bicyclic) bond motifs is 1. The van der Waals surface area contributed by atoms with Gasteiger partial charge < -0.3 is 19.4 Å². The summed E-state index contributed by atoms with van der Waals surface area (Å²) >= 11 is 0. The lowest BCUT2D eigenvalue weighted by Crippen LogP contribution is -2.25. The van der Waals surface area contributed by atoms with Gasteiger partial charge in [0.15, 0.2) is 0 Å². The molecule has 2 heterocycles. The summed E-state index contributed by atoms with van der Waals surface area (Å²) in [6, 6.07) is 0. The Morgan fingerprint density at radius 2 is 2.22 bits per heavy atom. The second kappa shape index (κ2) is 6.87. The van der Waals surface area contributed by atoms with Crippen molar-refractivity contribution in [3.63, 3.8) is 0 Å². The largest absolute Gasteiger partial charge is 0.382 e. The van der Waals surface area contributed by atoms with Crippen LogP contribution in [0, 0.1) is 6.92 Å². The summed E-state index contributed by atoms with van der Waals surface area (Å²) in [5, 5.41) is 3.36. The van der Waals surface area contributed by atoms with E-state index in [-0.39, 0.29) is 0 Å². The zero-order valence-corrected chi connectivity index (χ0v) is 11.4. The third-order valence-electron chi connectivity index (χ3n) is 3.28. The van der Waals surface area contributed by atoms with Crippen LogP contribution in [0.4, 0.5) is 0 Å². The van der Waals surface area contributed by atoms with Gasteiger partial charge >= 0.3 is 0 Å². The van der Waals surface area contributed by atoms with Crippen molar-refractivity contribution in [1.82, 2.24) is 14.9 Å². The van der Waals surface area contributed by atoms with E-state index in [2.05, 4.69) is 21.8 Å². The Balaban J connectivity index is 1.80. The Morgan fingerprint density at radius 3 is 3.06 bits per heavy atom. The molecular formula is C13H23N3O2. The Labute approximate surface area is 108 Å². The van der Waals surface area contributed by atoms with Crippen LogP contribution in [0.1, 0.15) is 23.6 Å². The second-order valence-electron chi connectivity index (χ2n) is 4.59. The zero-order chi connectivity index (χ0) is 12.8. The SMILES string of the molecule is COCCOCCCn1c(C)nc2c1CCNC2. The van der Waals surface area contributed by atoms with Crippen molar-refractivity contribution in [2.75, 3.05) is 33.5 Å². The first kappa shape index (κ1) is 13.5. The Morgan fingerprint density at radius 1 is 1.33 bits per heavy atom. The highest BCUT2D eigenvalue weighted by molar-refractivity contribution is 5.19. The average Bonchev–Trinajstić information content (AvgIpc) is 2.70. The maximum Gasteiger partial charge on any atom is 0.106 e. The summed E-state index contributed by atoms with van der Waals surface area (Å²) in [7, 11) is 1.69. The maximum absolute atomic E-state index is 5.49. The molecule has 0 fully saturated rings. The van der Waals surface area contributed by atoms with Crippen LogP contribution >= 0.6 is 0 Å². The van der Waals surface area contributed by atoms with Gasteiger partial charge in [-0.15, -0.1) is 0 Å². The fraction of sp³-hybridized carbons (Fsp3) is 0.769. The normalized spacial score (nSPS) is 14.8. The number of ether oxygens (including phenoxy) is 2. The van der Waals surface area contributed by atoms with Crippen LogP contribution in [0.3, 0.4) is 0 Å². The van der Waals surface area contributed by atoms with Gasteiger partial charge in [-0.25, -0.2) is 4.98 Å². The summed E-state index contributed by atoms with van der Waals surface area (Å²) < 4.78 is 12.8. The predicted molar refractivity (Wildman–Crippen MR) is 69.7 cm³/mol. The van der Waals surface area contributed by atoms with Crippen molar-refractivity contribution in [3.8, 4) is 0 Å². The van der Waals surface area contributed by atoms with E-state index in [9.17, 15) is 0 Å². The van der Waals surface area contributed by atoms with Gasteiger partial charge in [-0.2, -0.15) is 0 Å². The molecule has 0 amide bonds. The number of hydrogen-bond donors (Lipinski definition) is 1. The first-order valence-electron chi connectivity index (χ1n) is 6.65. The first-order chi connectivity index (χ1) is 8.83. The molecule has 1 aliphatic heterocycles. The highest BCUT2D eigenvalue weighted by Crippen LogP contribution is 2.16. The molecular weight excluding hydrogens is 230 g/mol. The fourth-order valence-corrected chi connectivity index (χ4v) is 2.37. The molecule has 0 atom stereocenters. The fourth-order valence-electron chi connectivity index (χ4n) is 2.37. The summed E-state index contributed by atoms with van der Waals surface area (Å²) in [6.07, 6.45) is 2.11. The highest BCUT2D eigenvalue weighted by Gasteiger charge is 2.16. The van der Waals surface area contributed by atoms with E-state index in [0.29, 0.717) is 13.2 Å². The lowest BCUT2D eigenvalue weighted by Gasteiger charge is -2.15. The molecule has 2 rings (SSSR count). The van der Waals surface area contributed by atoms with Crippen molar-refractivity contribution in [2.45, 2.75) is 32.9 Å². The average molecular weight is 253 g/mol. The number of aryl methyl sites for hydroxylation is 1. The standard InChI is InChI=1S/C13H23N3O2/c1-11-15-12-10-14-5-4-13(12)16(11)6-3-7-18-9-8-17-2/h14H,3-10H2,1-2H3. The quantitative estimate of drug-likeness (QED) is 0.733. The minimum absolute atomic E-state index is 0.672. The summed E-state index contributed by atoms with van der Waals surface area (Å²) in [5.41, 5.74) is 2.63. The van der Waals surface area contributed by atoms with Crippen LogP contribution in [0.15, 0.2) is 0 Å². The molecule has 0 aromatic carbocycles. The smallest absolute Gasteiger partial charge is 0.106 e. The van der Waals surface area contributed by atoms with Gasteiger partial charge in [-0.05, 0) is 13.3 Å². The molecule has 1 N–H and O–H groups in total. The molecule has 0 bridgehead atoms. The topological polar surface area (TPSA) is 48.3 Å². The number of aromatic nitrogens is 2. The van der Waals surface area contributed by atoms with Gasteiger partial charge in [0, 0.05) is 45.5 Å². The summed E-state index contributed by atoms with van der Waals surface area (Å²) in [5.74, 6) is 1.13. The Bertz CT molecular complexity index is 377. The van der Waals surface area contributed by atoms with Crippen molar-refractivity contribution in [3.05, 3.63) is 17.2 Å². The zero-order valence-electron chi connectivity index (χ0n) is 11.4. The second-order valence-corrected chi connectivity index (χ2v) is 4.59. The van der Waals surface area contributed by atoms with Crippen molar-refractivity contribution in [1.29, 1.82) is 0 Å².